The van der Waals surface area contributed by atoms with E-state index in [4.69, 9.17) is 0 Å². The predicted molar refractivity (Wildman–Crippen MR) is 68.8 cm³/mol. The van der Waals surface area contributed by atoms with Gasteiger partial charge in [0.15, 0.2) is 0 Å². The maximum atomic E-state index is 11.9. The van der Waals surface area contributed by atoms with Crippen molar-refractivity contribution >= 4 is 11.8 Å². The zero-order chi connectivity index (χ0) is 13.1. The number of nitrogens with one attached hydrogen (secondary N) is 1. The molecule has 18 heavy (non-hydrogen) atoms. The van der Waals surface area contributed by atoms with Gasteiger partial charge in [0.2, 0.25) is 11.8 Å². The topological polar surface area (TPSA) is 49.4 Å². The molecule has 0 aromatic heterocycles. The van der Waals surface area contributed by atoms with Gasteiger partial charge in [0, 0.05) is 6.54 Å². The Balaban J connectivity index is 2.22. The van der Waals surface area contributed by atoms with Crippen LogP contribution >= 0.6 is 0 Å². The van der Waals surface area contributed by atoms with Crippen molar-refractivity contribution in [2.24, 2.45) is 0 Å². The minimum Gasteiger partial charge on any atom is -0.345 e. The molecule has 1 atom stereocenters. The van der Waals surface area contributed by atoms with Crippen molar-refractivity contribution in [2.45, 2.75) is 32.9 Å². The molecule has 1 saturated heterocycles. The van der Waals surface area contributed by atoms with Crippen molar-refractivity contribution in [1.29, 1.82) is 0 Å². The standard InChI is InChI=1S/C14H18N2O2/c1-3-12-14(18)15-8-13(17)16(12)9-11-7-5-4-6-10(11)2/h4-7,12H,3,8-9H2,1-2H3,(H,15,18). The lowest BCUT2D eigenvalue weighted by molar-refractivity contribution is -0.146. The van der Waals surface area contributed by atoms with Crippen molar-refractivity contribution in [2.75, 3.05) is 6.54 Å². The fourth-order valence-electron chi connectivity index (χ4n) is 2.27. The monoisotopic (exact) mass is 246 g/mol. The molecule has 1 fully saturated rings. The van der Waals surface area contributed by atoms with Crippen LogP contribution in [0.25, 0.3) is 0 Å². The lowest BCUT2D eigenvalue weighted by atomic mass is 10.0. The van der Waals surface area contributed by atoms with E-state index in [-0.39, 0.29) is 24.4 Å². The van der Waals surface area contributed by atoms with E-state index in [2.05, 4.69) is 5.32 Å². The van der Waals surface area contributed by atoms with Gasteiger partial charge in [-0.1, -0.05) is 31.2 Å². The van der Waals surface area contributed by atoms with Gasteiger partial charge in [0.1, 0.15) is 6.04 Å². The highest BCUT2D eigenvalue weighted by atomic mass is 16.2. The van der Waals surface area contributed by atoms with E-state index >= 15 is 0 Å². The Morgan fingerprint density at radius 1 is 1.33 bits per heavy atom. The summed E-state index contributed by atoms with van der Waals surface area (Å²) in [6, 6.07) is 7.61. The van der Waals surface area contributed by atoms with E-state index in [1.54, 1.807) is 4.90 Å². The van der Waals surface area contributed by atoms with Gasteiger partial charge in [0.05, 0.1) is 6.54 Å². The Bertz CT molecular complexity index is 471. The Hall–Kier alpha value is -1.84. The number of nitrogens with zero attached hydrogens (tertiary/aromatic N) is 1. The maximum Gasteiger partial charge on any atom is 0.243 e. The molecule has 1 unspecified atom stereocenters. The lowest BCUT2D eigenvalue weighted by Gasteiger charge is -2.34. The van der Waals surface area contributed by atoms with Gasteiger partial charge in [-0.3, -0.25) is 9.59 Å². The van der Waals surface area contributed by atoms with Crippen LogP contribution in [-0.2, 0) is 16.1 Å². The molecule has 1 aliphatic rings. The number of piperazine rings is 1. The van der Waals surface area contributed by atoms with Crippen molar-refractivity contribution < 1.29 is 9.59 Å². The van der Waals surface area contributed by atoms with Gasteiger partial charge in [-0.15, -0.1) is 0 Å². The van der Waals surface area contributed by atoms with Crippen molar-refractivity contribution in [1.82, 2.24) is 10.2 Å². The number of aryl methyl sites for hydroxylation is 1. The average Bonchev–Trinajstić information content (AvgIpc) is 2.37. The summed E-state index contributed by atoms with van der Waals surface area (Å²) in [4.78, 5) is 25.4. The average molecular weight is 246 g/mol. The molecule has 0 radical (unpaired) electrons. The number of benzene rings is 1. The van der Waals surface area contributed by atoms with Gasteiger partial charge >= 0.3 is 0 Å². The zero-order valence-electron chi connectivity index (χ0n) is 10.8. The number of hydrogen-bond donors (Lipinski definition) is 1. The molecule has 2 rings (SSSR count). The second-order valence-electron chi connectivity index (χ2n) is 4.59. The number of carbonyl (C=O) groups excluding carboxylic acids is 2. The zero-order valence-corrected chi connectivity index (χ0v) is 10.8. The second kappa shape index (κ2) is 5.21. The number of carbonyl (C=O) groups is 2. The highest BCUT2D eigenvalue weighted by Gasteiger charge is 2.32. The fourth-order valence-corrected chi connectivity index (χ4v) is 2.27. The predicted octanol–water partition coefficient (Wildman–Crippen LogP) is 1.23. The normalized spacial score (nSPS) is 19.9. The van der Waals surface area contributed by atoms with E-state index < -0.39 is 0 Å². The fraction of sp³-hybridized carbons (Fsp3) is 0.429. The summed E-state index contributed by atoms with van der Waals surface area (Å²) in [5.41, 5.74) is 2.24. The Morgan fingerprint density at radius 2 is 2.06 bits per heavy atom. The molecule has 1 aromatic rings. The van der Waals surface area contributed by atoms with Crippen LogP contribution < -0.4 is 5.32 Å². The highest BCUT2D eigenvalue weighted by Crippen LogP contribution is 2.16. The van der Waals surface area contributed by atoms with Crippen LogP contribution in [0.3, 0.4) is 0 Å². The number of hydrogen-bond acceptors (Lipinski definition) is 2. The third-order valence-electron chi connectivity index (χ3n) is 3.40. The van der Waals surface area contributed by atoms with E-state index in [1.165, 1.54) is 0 Å². The maximum absolute atomic E-state index is 11.9. The molecule has 1 N–H and O–H groups in total. The van der Waals surface area contributed by atoms with Gasteiger partial charge in [-0.2, -0.15) is 0 Å². The summed E-state index contributed by atoms with van der Waals surface area (Å²) < 4.78 is 0. The molecule has 4 heteroatoms. The van der Waals surface area contributed by atoms with Crippen LogP contribution in [0.1, 0.15) is 24.5 Å². The molecule has 1 heterocycles. The molecule has 0 saturated carbocycles. The first-order chi connectivity index (χ1) is 8.63. The summed E-state index contributed by atoms with van der Waals surface area (Å²) in [5.74, 6) is -0.0598. The van der Waals surface area contributed by atoms with Crippen LogP contribution in [0.5, 0.6) is 0 Å². The minimum atomic E-state index is -0.342. The molecule has 0 bridgehead atoms. The first-order valence-electron chi connectivity index (χ1n) is 6.25. The summed E-state index contributed by atoms with van der Waals surface area (Å²) in [6.45, 7) is 4.57. The SMILES string of the molecule is CCC1C(=O)NCC(=O)N1Cc1ccccc1C. The van der Waals surface area contributed by atoms with Crippen molar-refractivity contribution in [3.63, 3.8) is 0 Å². The molecule has 2 amide bonds. The van der Waals surface area contributed by atoms with Gasteiger partial charge in [-0.25, -0.2) is 0 Å². The molecular weight excluding hydrogens is 228 g/mol. The molecule has 0 spiro atoms. The van der Waals surface area contributed by atoms with Gasteiger partial charge in [0.25, 0.3) is 0 Å². The van der Waals surface area contributed by atoms with Crippen molar-refractivity contribution in [3.05, 3.63) is 35.4 Å². The third kappa shape index (κ3) is 2.37. The quantitative estimate of drug-likeness (QED) is 0.872. The number of rotatable bonds is 3. The molecule has 1 aromatic carbocycles. The smallest absolute Gasteiger partial charge is 0.243 e. The summed E-state index contributed by atoms with van der Waals surface area (Å²) >= 11 is 0. The first-order valence-corrected chi connectivity index (χ1v) is 6.25. The summed E-state index contributed by atoms with van der Waals surface area (Å²) in [6.07, 6.45) is 0.642. The van der Waals surface area contributed by atoms with Crippen LogP contribution in [0.2, 0.25) is 0 Å². The Kier molecular flexibility index (Phi) is 3.65. The van der Waals surface area contributed by atoms with E-state index in [9.17, 15) is 9.59 Å². The first kappa shape index (κ1) is 12.6. The molecule has 0 aliphatic carbocycles. The Labute approximate surface area is 107 Å². The molecule has 4 nitrogen and oxygen atoms in total. The molecular formula is C14H18N2O2. The molecule has 1 aliphatic heterocycles. The second-order valence-corrected chi connectivity index (χ2v) is 4.59. The van der Waals surface area contributed by atoms with Crippen LogP contribution in [0.4, 0.5) is 0 Å². The Morgan fingerprint density at radius 3 is 2.72 bits per heavy atom. The van der Waals surface area contributed by atoms with Gasteiger partial charge in [-0.05, 0) is 24.5 Å². The van der Waals surface area contributed by atoms with Crippen LogP contribution in [0.15, 0.2) is 24.3 Å². The van der Waals surface area contributed by atoms with E-state index in [0.717, 1.165) is 11.1 Å². The van der Waals surface area contributed by atoms with E-state index in [0.29, 0.717) is 13.0 Å². The van der Waals surface area contributed by atoms with Crippen molar-refractivity contribution in [3.8, 4) is 0 Å². The highest BCUT2D eigenvalue weighted by molar-refractivity contribution is 5.94. The van der Waals surface area contributed by atoms with Crippen LogP contribution in [-0.4, -0.2) is 29.3 Å². The summed E-state index contributed by atoms with van der Waals surface area (Å²) in [5, 5.41) is 2.63. The summed E-state index contributed by atoms with van der Waals surface area (Å²) in [7, 11) is 0. The minimum absolute atomic E-state index is 0.00953. The number of amides is 2. The molecule has 96 valence electrons. The van der Waals surface area contributed by atoms with Gasteiger partial charge < -0.3 is 10.2 Å². The van der Waals surface area contributed by atoms with E-state index in [1.807, 2.05) is 38.1 Å². The lowest BCUT2D eigenvalue weighted by Crippen LogP contribution is -2.57. The van der Waals surface area contributed by atoms with Crippen LogP contribution in [0, 0.1) is 6.92 Å². The third-order valence-corrected chi connectivity index (χ3v) is 3.40. The largest absolute Gasteiger partial charge is 0.345 e.